The molecule has 1 atom stereocenters. The van der Waals surface area contributed by atoms with E-state index in [1.165, 1.54) is 35.1 Å². The van der Waals surface area contributed by atoms with Crippen LogP contribution in [0.4, 0.5) is 5.69 Å². The van der Waals surface area contributed by atoms with Gasteiger partial charge in [-0.1, -0.05) is 53.8 Å². The van der Waals surface area contributed by atoms with Crippen molar-refractivity contribution in [3.05, 3.63) is 117 Å². The number of hydrogen-bond donors (Lipinski definition) is 0. The fraction of sp³-hybridized carbons (Fsp3) is 0.148. The molecule has 11 heteroatoms. The third kappa shape index (κ3) is 4.57. The number of hydrogen-bond acceptors (Lipinski definition) is 9. The number of fused-ring (bicyclic) bond motifs is 1. The van der Waals surface area contributed by atoms with E-state index in [-0.39, 0.29) is 29.2 Å². The molecule has 0 N–H and O–H groups in total. The fourth-order valence-electron chi connectivity index (χ4n) is 4.25. The monoisotopic (exact) mass is 547 g/mol. The minimum absolute atomic E-state index is 0.123. The molecule has 0 radical (unpaired) electrons. The molecule has 0 fully saturated rings. The van der Waals surface area contributed by atoms with Crippen molar-refractivity contribution in [2.45, 2.75) is 13.0 Å². The Morgan fingerprint density at radius 1 is 1.18 bits per heavy atom. The van der Waals surface area contributed by atoms with Crippen LogP contribution >= 0.6 is 22.7 Å². The highest BCUT2D eigenvalue weighted by molar-refractivity contribution is 7.10. The second-order valence-corrected chi connectivity index (χ2v) is 10.1. The number of ether oxygens (including phenoxy) is 2. The van der Waals surface area contributed by atoms with Gasteiger partial charge in [0, 0.05) is 16.5 Å². The summed E-state index contributed by atoms with van der Waals surface area (Å²) in [5.74, 6) is -0.425. The van der Waals surface area contributed by atoms with Gasteiger partial charge in [-0.15, -0.1) is 11.3 Å². The number of carbonyl (C=O) groups is 1. The van der Waals surface area contributed by atoms with E-state index >= 15 is 0 Å². The molecule has 4 aromatic rings. The zero-order valence-corrected chi connectivity index (χ0v) is 22.0. The predicted octanol–water partition coefficient (Wildman–Crippen LogP) is 3.91. The zero-order chi connectivity index (χ0) is 26.8. The topological polar surface area (TPSA) is 113 Å². The van der Waals surface area contributed by atoms with Gasteiger partial charge in [-0.05, 0) is 36.1 Å². The molecule has 5 rings (SSSR count). The van der Waals surface area contributed by atoms with Crippen molar-refractivity contribution < 1.29 is 19.2 Å². The summed E-state index contributed by atoms with van der Waals surface area (Å²) in [5.41, 5.74) is 1.33. The number of methoxy groups -OCH3 is 1. The Balaban J connectivity index is 1.78. The third-order valence-electron chi connectivity index (χ3n) is 5.88. The second kappa shape index (κ2) is 10.6. The molecule has 3 heterocycles. The number of esters is 1. The van der Waals surface area contributed by atoms with Crippen molar-refractivity contribution in [1.82, 2.24) is 4.57 Å². The molecule has 192 valence electrons. The van der Waals surface area contributed by atoms with Crippen LogP contribution in [0.1, 0.15) is 29.0 Å². The number of thiazole rings is 1. The molecular weight excluding hydrogens is 526 g/mol. The van der Waals surface area contributed by atoms with Crippen LogP contribution in [0.3, 0.4) is 0 Å². The predicted molar refractivity (Wildman–Crippen MR) is 145 cm³/mol. The molecule has 0 saturated heterocycles. The van der Waals surface area contributed by atoms with Gasteiger partial charge in [-0.25, -0.2) is 9.79 Å². The average molecular weight is 548 g/mol. The molecule has 0 spiro atoms. The first-order valence-electron chi connectivity index (χ1n) is 11.6. The molecule has 1 unspecified atom stereocenters. The Bertz CT molecular complexity index is 1740. The Hall–Kier alpha value is -4.35. The smallest absolute Gasteiger partial charge is 0.338 e. The lowest BCUT2D eigenvalue weighted by molar-refractivity contribution is -0.385. The lowest BCUT2D eigenvalue weighted by Gasteiger charge is -2.24. The van der Waals surface area contributed by atoms with Crippen molar-refractivity contribution in [1.29, 1.82) is 0 Å². The highest BCUT2D eigenvalue weighted by atomic mass is 32.1. The van der Waals surface area contributed by atoms with E-state index < -0.39 is 16.9 Å². The third-order valence-corrected chi connectivity index (χ3v) is 7.79. The van der Waals surface area contributed by atoms with Crippen LogP contribution in [-0.2, 0) is 9.53 Å². The summed E-state index contributed by atoms with van der Waals surface area (Å²) < 4.78 is 12.3. The Morgan fingerprint density at radius 2 is 1.97 bits per heavy atom. The van der Waals surface area contributed by atoms with Crippen molar-refractivity contribution >= 4 is 46.1 Å². The van der Waals surface area contributed by atoms with Crippen LogP contribution < -0.4 is 19.6 Å². The van der Waals surface area contributed by atoms with Crippen molar-refractivity contribution in [2.24, 2.45) is 4.99 Å². The number of rotatable bonds is 7. The SMILES string of the molecule is CCOC(=O)C1=C(c2ccccc2)N=c2sc(=Cc3ccc(OC)c([N+](=O)[O-])c3)c(=O)n2C1c1cccs1. The number of benzene rings is 2. The fourth-order valence-corrected chi connectivity index (χ4v) is 6.07. The lowest BCUT2D eigenvalue weighted by Crippen LogP contribution is -2.39. The zero-order valence-electron chi connectivity index (χ0n) is 20.3. The van der Waals surface area contributed by atoms with Crippen LogP contribution in [0, 0.1) is 10.1 Å². The van der Waals surface area contributed by atoms with Gasteiger partial charge in [-0.2, -0.15) is 0 Å². The van der Waals surface area contributed by atoms with Crippen LogP contribution in [0.2, 0.25) is 0 Å². The minimum Gasteiger partial charge on any atom is -0.490 e. The highest BCUT2D eigenvalue weighted by Crippen LogP contribution is 2.37. The van der Waals surface area contributed by atoms with Gasteiger partial charge in [0.2, 0.25) is 0 Å². The van der Waals surface area contributed by atoms with Crippen molar-refractivity contribution in [3.63, 3.8) is 0 Å². The number of aromatic nitrogens is 1. The quantitative estimate of drug-likeness (QED) is 0.197. The maximum atomic E-state index is 13.8. The van der Waals surface area contributed by atoms with E-state index in [1.54, 1.807) is 19.1 Å². The summed E-state index contributed by atoms with van der Waals surface area (Å²) in [4.78, 5) is 44.1. The summed E-state index contributed by atoms with van der Waals surface area (Å²) >= 11 is 2.58. The van der Waals surface area contributed by atoms with Crippen molar-refractivity contribution in [3.8, 4) is 5.75 Å². The van der Waals surface area contributed by atoms with E-state index in [1.807, 2.05) is 47.8 Å². The molecule has 0 amide bonds. The summed E-state index contributed by atoms with van der Waals surface area (Å²) in [7, 11) is 1.36. The molecular formula is C27H21N3O6S2. The van der Waals surface area contributed by atoms with Gasteiger partial charge in [0.05, 0.1) is 34.4 Å². The maximum Gasteiger partial charge on any atom is 0.338 e. The minimum atomic E-state index is -0.743. The first-order chi connectivity index (χ1) is 18.4. The molecule has 2 aromatic heterocycles. The highest BCUT2D eigenvalue weighted by Gasteiger charge is 2.35. The summed E-state index contributed by atoms with van der Waals surface area (Å²) in [6.45, 7) is 1.90. The van der Waals surface area contributed by atoms with Crippen LogP contribution in [0.25, 0.3) is 11.8 Å². The average Bonchev–Trinajstić information content (AvgIpc) is 3.57. The molecule has 1 aliphatic heterocycles. The first kappa shape index (κ1) is 25.3. The van der Waals surface area contributed by atoms with Gasteiger partial charge in [0.1, 0.15) is 6.04 Å². The number of thiophene rings is 1. The standard InChI is InChI=1S/C27H21N3O6S2/c1-3-36-26(32)22-23(17-8-5-4-6-9-17)28-27-29(24(22)20-10-7-13-37-20)25(31)21(38-27)15-16-11-12-19(35-2)18(14-16)30(33)34/h4-15,24H,3H2,1-2H3. The normalized spacial score (nSPS) is 15.1. The molecule has 9 nitrogen and oxygen atoms in total. The summed E-state index contributed by atoms with van der Waals surface area (Å²) in [6, 6.07) is 16.8. The summed E-state index contributed by atoms with van der Waals surface area (Å²) in [5, 5.41) is 13.4. The first-order valence-corrected chi connectivity index (χ1v) is 13.3. The van der Waals surface area contributed by atoms with E-state index in [0.29, 0.717) is 20.6 Å². The van der Waals surface area contributed by atoms with Crippen LogP contribution in [-0.4, -0.2) is 29.2 Å². The largest absolute Gasteiger partial charge is 0.490 e. The summed E-state index contributed by atoms with van der Waals surface area (Å²) in [6.07, 6.45) is 1.58. The van der Waals surface area contributed by atoms with E-state index in [4.69, 9.17) is 14.5 Å². The Morgan fingerprint density at radius 3 is 2.63 bits per heavy atom. The Kier molecular flexibility index (Phi) is 7.03. The van der Waals surface area contributed by atoms with Crippen molar-refractivity contribution in [2.75, 3.05) is 13.7 Å². The van der Waals surface area contributed by atoms with E-state index in [2.05, 4.69) is 0 Å². The number of carbonyl (C=O) groups excluding carboxylic acids is 1. The van der Waals surface area contributed by atoms with Crippen LogP contribution in [0.15, 0.2) is 81.4 Å². The number of nitro groups is 1. The van der Waals surface area contributed by atoms with Gasteiger partial charge < -0.3 is 9.47 Å². The van der Waals surface area contributed by atoms with Crippen LogP contribution in [0.5, 0.6) is 5.75 Å². The van der Waals surface area contributed by atoms with E-state index in [9.17, 15) is 19.7 Å². The molecule has 0 bridgehead atoms. The lowest BCUT2D eigenvalue weighted by atomic mass is 9.97. The second-order valence-electron chi connectivity index (χ2n) is 8.14. The van der Waals surface area contributed by atoms with Gasteiger partial charge in [0.25, 0.3) is 5.56 Å². The van der Waals surface area contributed by atoms with Gasteiger partial charge in [0.15, 0.2) is 10.6 Å². The van der Waals surface area contributed by atoms with Gasteiger partial charge in [-0.3, -0.25) is 19.5 Å². The maximum absolute atomic E-state index is 13.8. The molecule has 1 aliphatic rings. The molecule has 2 aromatic carbocycles. The Labute approximate surface area is 224 Å². The molecule has 38 heavy (non-hydrogen) atoms. The van der Waals surface area contributed by atoms with Gasteiger partial charge >= 0.3 is 11.7 Å². The molecule has 0 saturated carbocycles. The molecule has 0 aliphatic carbocycles. The number of nitrogens with zero attached hydrogens (tertiary/aromatic N) is 3. The van der Waals surface area contributed by atoms with E-state index in [0.717, 1.165) is 21.8 Å². The number of nitro benzene ring substituents is 1.